The van der Waals surface area contributed by atoms with Gasteiger partial charge >= 0.3 is 18.2 Å². The Balaban J connectivity index is 2.03. The highest BCUT2D eigenvalue weighted by atomic mass is 19.4. The van der Waals surface area contributed by atoms with Crippen LogP contribution in [0.5, 0.6) is 5.75 Å². The smallest absolute Gasteiger partial charge is 0.416 e. The van der Waals surface area contributed by atoms with Gasteiger partial charge in [-0.1, -0.05) is 49.4 Å². The van der Waals surface area contributed by atoms with E-state index < -0.39 is 35.7 Å². The zero-order valence-electron chi connectivity index (χ0n) is 22.4. The molecule has 0 aromatic heterocycles. The van der Waals surface area contributed by atoms with E-state index in [-0.39, 0.29) is 18.7 Å². The largest absolute Gasteiger partial charge is 0.496 e. The average molecular weight is 543 g/mol. The Bertz CT molecular complexity index is 1280. The predicted octanol–water partition coefficient (Wildman–Crippen LogP) is 7.00. The van der Waals surface area contributed by atoms with Crippen LogP contribution in [0.25, 0.3) is 11.1 Å². The van der Waals surface area contributed by atoms with E-state index in [4.69, 9.17) is 9.47 Å². The maximum atomic E-state index is 13.7. The van der Waals surface area contributed by atoms with Gasteiger partial charge in [-0.25, -0.2) is 4.79 Å². The average Bonchev–Trinajstić information content (AvgIpc) is 2.94. The molecule has 9 heteroatoms. The van der Waals surface area contributed by atoms with Crippen molar-refractivity contribution in [1.82, 2.24) is 10.6 Å². The molecule has 0 spiro atoms. The van der Waals surface area contributed by atoms with Gasteiger partial charge in [0.2, 0.25) is 0 Å². The van der Waals surface area contributed by atoms with Crippen molar-refractivity contribution in [1.29, 1.82) is 0 Å². The van der Waals surface area contributed by atoms with E-state index in [9.17, 15) is 22.8 Å². The third-order valence-electron chi connectivity index (χ3n) is 6.42. The van der Waals surface area contributed by atoms with E-state index in [0.29, 0.717) is 28.9 Å². The zero-order valence-corrected chi connectivity index (χ0v) is 22.4. The van der Waals surface area contributed by atoms with Crippen molar-refractivity contribution in [3.63, 3.8) is 0 Å². The Morgan fingerprint density at radius 2 is 1.67 bits per heavy atom. The highest BCUT2D eigenvalue weighted by Crippen LogP contribution is 2.40. The number of rotatable bonds is 10. The minimum Gasteiger partial charge on any atom is -0.496 e. The van der Waals surface area contributed by atoms with Crippen LogP contribution in [-0.2, 0) is 22.3 Å². The van der Waals surface area contributed by atoms with Gasteiger partial charge in [0.05, 0.1) is 31.2 Å². The normalized spacial score (nSPS) is 12.8. The van der Waals surface area contributed by atoms with Gasteiger partial charge in [-0.3, -0.25) is 4.79 Å². The van der Waals surface area contributed by atoms with E-state index >= 15 is 0 Å². The number of ether oxygens (including phenoxy) is 2. The van der Waals surface area contributed by atoms with Crippen molar-refractivity contribution in [2.45, 2.75) is 51.9 Å². The molecule has 2 amide bonds. The van der Waals surface area contributed by atoms with Gasteiger partial charge in [-0.2, -0.15) is 13.2 Å². The zero-order chi connectivity index (χ0) is 28.6. The third-order valence-corrected chi connectivity index (χ3v) is 6.42. The third kappa shape index (κ3) is 7.52. The monoisotopic (exact) mass is 542 g/mol. The molecule has 2 N–H and O–H groups in total. The fourth-order valence-electron chi connectivity index (χ4n) is 4.27. The molecule has 0 heterocycles. The van der Waals surface area contributed by atoms with E-state index in [2.05, 4.69) is 10.6 Å². The van der Waals surface area contributed by atoms with Gasteiger partial charge in [-0.15, -0.1) is 0 Å². The molecule has 3 aromatic carbocycles. The summed E-state index contributed by atoms with van der Waals surface area (Å²) in [5.74, 6) is -0.597. The van der Waals surface area contributed by atoms with E-state index in [1.807, 2.05) is 30.3 Å². The lowest BCUT2D eigenvalue weighted by molar-refractivity contribution is -0.144. The Hall–Kier alpha value is -4.01. The standard InChI is InChI=1S/C30H33F3N2O4/c1-5-26(35-29(37)34-18-20-10-8-7-9-11-20)24-17-22(30(31,32)33)13-14-23(24)25-16-21(12-15-27(25)38-4)19(3)28(36)39-6-2/h7-17,19,26H,5-6,18H2,1-4H3,(H2,34,35,37). The number of nitrogens with one attached hydrogen (secondary N) is 2. The fourth-order valence-corrected chi connectivity index (χ4v) is 4.27. The SMILES string of the molecule is CCOC(=O)C(C)c1ccc(OC)c(-c2ccc(C(F)(F)F)cc2C(CC)NC(=O)NCc2ccccc2)c1. The minimum atomic E-state index is -4.58. The number of benzene rings is 3. The summed E-state index contributed by atoms with van der Waals surface area (Å²) in [6.07, 6.45) is -4.25. The Morgan fingerprint density at radius 1 is 0.949 bits per heavy atom. The number of carbonyl (C=O) groups excluding carboxylic acids is 2. The summed E-state index contributed by atoms with van der Waals surface area (Å²) in [5, 5.41) is 5.58. The summed E-state index contributed by atoms with van der Waals surface area (Å²) in [4.78, 5) is 25.1. The lowest BCUT2D eigenvalue weighted by Gasteiger charge is -2.24. The van der Waals surface area contributed by atoms with Crippen LogP contribution in [0.15, 0.2) is 66.7 Å². The second-order valence-electron chi connectivity index (χ2n) is 9.01. The molecule has 208 valence electrons. The molecule has 3 aromatic rings. The summed E-state index contributed by atoms with van der Waals surface area (Å²) >= 11 is 0. The first-order valence-electron chi connectivity index (χ1n) is 12.7. The second kappa shape index (κ2) is 13.2. The number of urea groups is 1. The maximum absolute atomic E-state index is 13.7. The molecule has 0 bridgehead atoms. The van der Waals surface area contributed by atoms with Crippen molar-refractivity contribution in [2.24, 2.45) is 0 Å². The summed E-state index contributed by atoms with van der Waals surface area (Å²) in [6, 6.07) is 16.6. The van der Waals surface area contributed by atoms with E-state index in [0.717, 1.165) is 17.7 Å². The molecule has 39 heavy (non-hydrogen) atoms. The van der Waals surface area contributed by atoms with Crippen LogP contribution in [-0.4, -0.2) is 25.7 Å². The van der Waals surface area contributed by atoms with Crippen LogP contribution in [0.4, 0.5) is 18.0 Å². The number of hydrogen-bond acceptors (Lipinski definition) is 4. The van der Waals surface area contributed by atoms with Crippen LogP contribution in [0.2, 0.25) is 0 Å². The van der Waals surface area contributed by atoms with E-state index in [1.54, 1.807) is 39.0 Å². The van der Waals surface area contributed by atoms with Crippen molar-refractivity contribution in [3.05, 3.63) is 89.0 Å². The van der Waals surface area contributed by atoms with Gasteiger partial charge in [-0.05, 0) is 66.8 Å². The molecule has 0 saturated heterocycles. The number of esters is 1. The van der Waals surface area contributed by atoms with Gasteiger partial charge in [0.15, 0.2) is 0 Å². The lowest BCUT2D eigenvalue weighted by atomic mass is 9.89. The van der Waals surface area contributed by atoms with Gasteiger partial charge in [0, 0.05) is 12.1 Å². The minimum absolute atomic E-state index is 0.228. The summed E-state index contributed by atoms with van der Waals surface area (Å²) < 4.78 is 51.9. The predicted molar refractivity (Wildman–Crippen MR) is 143 cm³/mol. The van der Waals surface area contributed by atoms with Crippen molar-refractivity contribution in [2.75, 3.05) is 13.7 Å². The van der Waals surface area contributed by atoms with Crippen LogP contribution < -0.4 is 15.4 Å². The number of methoxy groups -OCH3 is 1. The number of amides is 2. The Labute approximate surface area is 226 Å². The summed E-state index contributed by atoms with van der Waals surface area (Å²) in [7, 11) is 1.46. The molecule has 0 aliphatic heterocycles. The lowest BCUT2D eigenvalue weighted by Crippen LogP contribution is -2.37. The van der Waals surface area contributed by atoms with Crippen LogP contribution in [0.3, 0.4) is 0 Å². The Morgan fingerprint density at radius 3 is 2.28 bits per heavy atom. The van der Waals surface area contributed by atoms with Crippen molar-refractivity contribution >= 4 is 12.0 Å². The topological polar surface area (TPSA) is 76.7 Å². The summed E-state index contributed by atoms with van der Waals surface area (Å²) in [5.41, 5.74) is 1.91. The molecule has 6 nitrogen and oxygen atoms in total. The molecule has 0 radical (unpaired) electrons. The first-order chi connectivity index (χ1) is 18.6. The van der Waals surface area contributed by atoms with Crippen LogP contribution >= 0.6 is 0 Å². The number of carbonyl (C=O) groups is 2. The van der Waals surface area contributed by atoms with Gasteiger partial charge in [0.1, 0.15) is 5.75 Å². The summed E-state index contributed by atoms with van der Waals surface area (Å²) in [6.45, 7) is 5.69. The molecule has 0 aliphatic rings. The number of halogens is 3. The number of alkyl halides is 3. The maximum Gasteiger partial charge on any atom is 0.416 e. The van der Waals surface area contributed by atoms with Crippen LogP contribution in [0.1, 0.15) is 61.4 Å². The first-order valence-corrected chi connectivity index (χ1v) is 12.7. The molecule has 0 aliphatic carbocycles. The first kappa shape index (κ1) is 29.5. The highest BCUT2D eigenvalue weighted by Gasteiger charge is 2.32. The van der Waals surface area contributed by atoms with Gasteiger partial charge in [0.25, 0.3) is 0 Å². The number of hydrogen-bond donors (Lipinski definition) is 2. The second-order valence-corrected chi connectivity index (χ2v) is 9.01. The van der Waals surface area contributed by atoms with Gasteiger partial charge < -0.3 is 20.1 Å². The molecule has 0 fully saturated rings. The van der Waals surface area contributed by atoms with E-state index in [1.165, 1.54) is 13.2 Å². The quantitative estimate of drug-likeness (QED) is 0.271. The molecule has 3 rings (SSSR count). The molecular formula is C30H33F3N2O4. The molecule has 2 atom stereocenters. The molecular weight excluding hydrogens is 509 g/mol. The Kier molecular flexibility index (Phi) is 9.98. The van der Waals surface area contributed by atoms with Crippen molar-refractivity contribution < 1.29 is 32.2 Å². The van der Waals surface area contributed by atoms with Crippen molar-refractivity contribution in [3.8, 4) is 16.9 Å². The highest BCUT2D eigenvalue weighted by molar-refractivity contribution is 5.81. The molecule has 2 unspecified atom stereocenters. The van der Waals surface area contributed by atoms with Crippen LogP contribution in [0, 0.1) is 0 Å². The fraction of sp³-hybridized carbons (Fsp3) is 0.333. The molecule has 0 saturated carbocycles.